The molecule has 0 bridgehead atoms. The number of anilines is 1. The molecule has 0 aromatic heterocycles. The van der Waals surface area contributed by atoms with E-state index in [4.69, 9.17) is 4.74 Å². The lowest BCUT2D eigenvalue weighted by atomic mass is 9.77. The van der Waals surface area contributed by atoms with Crippen LogP contribution >= 0.6 is 0 Å². The molecule has 1 aliphatic heterocycles. The van der Waals surface area contributed by atoms with Crippen molar-refractivity contribution in [2.24, 2.45) is 17.8 Å². The highest BCUT2D eigenvalue weighted by atomic mass is 16.5. The smallest absolute Gasteiger partial charge is 0.311 e. The summed E-state index contributed by atoms with van der Waals surface area (Å²) in [5, 5.41) is 2.62. The summed E-state index contributed by atoms with van der Waals surface area (Å²) >= 11 is 0. The quantitative estimate of drug-likeness (QED) is 0.570. The van der Waals surface area contributed by atoms with Crippen LogP contribution in [0.3, 0.4) is 0 Å². The van der Waals surface area contributed by atoms with Gasteiger partial charge in [0.15, 0.2) is 12.4 Å². The lowest BCUT2D eigenvalue weighted by Crippen LogP contribution is -2.45. The van der Waals surface area contributed by atoms with E-state index in [2.05, 4.69) is 19.2 Å². The number of hydrogen-bond donors (Lipinski definition) is 1. The van der Waals surface area contributed by atoms with Gasteiger partial charge in [-0.25, -0.2) is 0 Å². The van der Waals surface area contributed by atoms with Gasteiger partial charge in [-0.3, -0.25) is 19.2 Å². The predicted molar refractivity (Wildman–Crippen MR) is 112 cm³/mol. The fraction of sp³-hybridized carbons (Fsp3) is 0.565. The van der Waals surface area contributed by atoms with E-state index in [0.29, 0.717) is 29.6 Å². The molecule has 1 heterocycles. The summed E-state index contributed by atoms with van der Waals surface area (Å²) in [5.74, 6) is -0.671. The summed E-state index contributed by atoms with van der Waals surface area (Å²) in [5.41, 5.74) is 0.951. The molecular formula is C23H30N2O5. The number of carbonyl (C=O) groups is 4. The van der Waals surface area contributed by atoms with Crippen LogP contribution in [0.4, 0.5) is 5.69 Å². The highest BCUT2D eigenvalue weighted by Crippen LogP contribution is 2.35. The third-order valence-corrected chi connectivity index (χ3v) is 6.45. The maximum atomic E-state index is 12.5. The van der Waals surface area contributed by atoms with Gasteiger partial charge in [-0.15, -0.1) is 0 Å². The molecule has 0 spiro atoms. The first kappa shape index (κ1) is 22.0. The average molecular weight is 415 g/mol. The molecule has 7 heteroatoms. The summed E-state index contributed by atoms with van der Waals surface area (Å²) < 4.78 is 5.17. The fourth-order valence-electron chi connectivity index (χ4n) is 4.47. The van der Waals surface area contributed by atoms with Gasteiger partial charge >= 0.3 is 5.97 Å². The van der Waals surface area contributed by atoms with E-state index < -0.39 is 24.4 Å². The van der Waals surface area contributed by atoms with Crippen molar-refractivity contribution in [1.29, 1.82) is 0 Å². The SMILES string of the molecule is CC(=O)c1cccc(NC(=O)COC(=O)[C@@H]2CC(=O)N([C@@H]3CCC[C@@H](C)[C@H]3C)C2)c1. The van der Waals surface area contributed by atoms with E-state index in [1.807, 2.05) is 4.90 Å². The van der Waals surface area contributed by atoms with Crippen LogP contribution in [0.1, 0.15) is 56.8 Å². The molecule has 3 rings (SSSR count). The van der Waals surface area contributed by atoms with Crippen LogP contribution in [0.2, 0.25) is 0 Å². The van der Waals surface area contributed by atoms with Gasteiger partial charge in [-0.2, -0.15) is 0 Å². The summed E-state index contributed by atoms with van der Waals surface area (Å²) in [6.45, 7) is 5.78. The molecule has 7 nitrogen and oxygen atoms in total. The third-order valence-electron chi connectivity index (χ3n) is 6.45. The number of amides is 2. The second-order valence-electron chi connectivity index (χ2n) is 8.57. The number of nitrogens with zero attached hydrogens (tertiary/aromatic N) is 1. The van der Waals surface area contributed by atoms with Gasteiger partial charge in [-0.1, -0.05) is 38.8 Å². The standard InChI is InChI=1S/C23H30N2O5/c1-14-6-4-9-20(15(14)2)25-12-18(11-22(25)28)23(29)30-13-21(27)24-19-8-5-7-17(10-19)16(3)26/h5,7-8,10,14-15,18,20H,4,6,9,11-13H2,1-3H3,(H,24,27)/t14-,15-,18-,20-/m1/s1. The van der Waals surface area contributed by atoms with E-state index in [9.17, 15) is 19.2 Å². The molecule has 1 saturated heterocycles. The van der Waals surface area contributed by atoms with Gasteiger partial charge in [0.05, 0.1) is 5.92 Å². The van der Waals surface area contributed by atoms with E-state index in [0.717, 1.165) is 12.8 Å². The Morgan fingerprint density at radius 3 is 2.70 bits per heavy atom. The number of carbonyl (C=O) groups excluding carboxylic acids is 4. The second kappa shape index (κ2) is 9.41. The van der Waals surface area contributed by atoms with Crippen LogP contribution in [0.25, 0.3) is 0 Å². The maximum absolute atomic E-state index is 12.5. The van der Waals surface area contributed by atoms with Crippen molar-refractivity contribution in [3.63, 3.8) is 0 Å². The minimum Gasteiger partial charge on any atom is -0.455 e. The molecule has 2 aliphatic rings. The van der Waals surface area contributed by atoms with Gasteiger partial charge in [-0.05, 0) is 37.3 Å². The fourth-order valence-corrected chi connectivity index (χ4v) is 4.47. The molecule has 1 aliphatic carbocycles. The zero-order valence-electron chi connectivity index (χ0n) is 17.8. The van der Waals surface area contributed by atoms with Gasteiger partial charge < -0.3 is 15.0 Å². The van der Waals surface area contributed by atoms with E-state index in [-0.39, 0.29) is 24.2 Å². The molecule has 1 saturated carbocycles. The monoisotopic (exact) mass is 414 g/mol. The molecule has 1 aromatic rings. The molecule has 0 unspecified atom stereocenters. The zero-order chi connectivity index (χ0) is 21.8. The molecule has 0 radical (unpaired) electrons. The number of hydrogen-bond acceptors (Lipinski definition) is 5. The summed E-state index contributed by atoms with van der Waals surface area (Å²) in [4.78, 5) is 50.4. The Morgan fingerprint density at radius 2 is 1.97 bits per heavy atom. The number of likely N-dealkylation sites (tertiary alicyclic amines) is 1. The van der Waals surface area contributed by atoms with Gasteiger partial charge in [0.25, 0.3) is 5.91 Å². The summed E-state index contributed by atoms with van der Waals surface area (Å²) in [6, 6.07) is 6.74. The first-order valence-electron chi connectivity index (χ1n) is 10.6. The highest BCUT2D eigenvalue weighted by Gasteiger charge is 2.42. The van der Waals surface area contributed by atoms with Crippen LogP contribution in [0, 0.1) is 17.8 Å². The van der Waals surface area contributed by atoms with Crippen molar-refractivity contribution in [2.75, 3.05) is 18.5 Å². The largest absolute Gasteiger partial charge is 0.455 e. The van der Waals surface area contributed by atoms with Crippen LogP contribution < -0.4 is 5.32 Å². The summed E-state index contributed by atoms with van der Waals surface area (Å²) in [7, 11) is 0. The first-order valence-corrected chi connectivity index (χ1v) is 10.6. The van der Waals surface area contributed by atoms with Crippen LogP contribution in [-0.2, 0) is 19.1 Å². The Kier molecular flexibility index (Phi) is 6.90. The minimum absolute atomic E-state index is 0.00611. The number of rotatable bonds is 6. The van der Waals surface area contributed by atoms with Gasteiger partial charge in [0.1, 0.15) is 0 Å². The zero-order valence-corrected chi connectivity index (χ0v) is 17.8. The Labute approximate surface area is 177 Å². The first-order chi connectivity index (χ1) is 14.3. The van der Waals surface area contributed by atoms with Crippen molar-refractivity contribution in [3.8, 4) is 0 Å². The maximum Gasteiger partial charge on any atom is 0.311 e. The summed E-state index contributed by atoms with van der Waals surface area (Å²) in [6.07, 6.45) is 3.38. The van der Waals surface area contributed by atoms with Crippen molar-refractivity contribution in [3.05, 3.63) is 29.8 Å². The third kappa shape index (κ3) is 5.07. The van der Waals surface area contributed by atoms with E-state index >= 15 is 0 Å². The Morgan fingerprint density at radius 1 is 1.20 bits per heavy atom. The molecule has 4 atom stereocenters. The molecule has 30 heavy (non-hydrogen) atoms. The van der Waals surface area contributed by atoms with Crippen molar-refractivity contribution in [1.82, 2.24) is 4.90 Å². The predicted octanol–water partition coefficient (Wildman–Crippen LogP) is 3.04. The topological polar surface area (TPSA) is 92.8 Å². The highest BCUT2D eigenvalue weighted by molar-refractivity contribution is 5.97. The molecule has 2 fully saturated rings. The number of ketones is 1. The molecule has 1 aromatic carbocycles. The minimum atomic E-state index is -0.532. The number of esters is 1. The molecule has 1 N–H and O–H groups in total. The number of Topliss-reactive ketones (excluding diaryl/α,β-unsaturated/α-hetero) is 1. The van der Waals surface area contributed by atoms with Crippen LogP contribution in [-0.4, -0.2) is 47.7 Å². The second-order valence-corrected chi connectivity index (χ2v) is 8.57. The van der Waals surface area contributed by atoms with E-state index in [1.165, 1.54) is 13.3 Å². The molecule has 2 amide bonds. The normalized spacial score (nSPS) is 26.4. The van der Waals surface area contributed by atoms with E-state index in [1.54, 1.807) is 24.3 Å². The van der Waals surface area contributed by atoms with Gasteiger partial charge in [0.2, 0.25) is 5.91 Å². The van der Waals surface area contributed by atoms with Crippen LogP contribution in [0.15, 0.2) is 24.3 Å². The Bertz CT molecular complexity index is 837. The molecular weight excluding hydrogens is 384 g/mol. The van der Waals surface area contributed by atoms with Crippen molar-refractivity contribution in [2.45, 2.75) is 52.5 Å². The van der Waals surface area contributed by atoms with Crippen molar-refractivity contribution < 1.29 is 23.9 Å². The lowest BCUT2D eigenvalue weighted by Gasteiger charge is -2.39. The number of ether oxygens (including phenoxy) is 1. The van der Waals surface area contributed by atoms with Crippen molar-refractivity contribution >= 4 is 29.3 Å². The average Bonchev–Trinajstić information content (AvgIpc) is 3.10. The Balaban J connectivity index is 1.50. The lowest BCUT2D eigenvalue weighted by molar-refractivity contribution is -0.151. The molecule has 162 valence electrons. The number of benzene rings is 1. The Hall–Kier alpha value is -2.70. The van der Waals surface area contributed by atoms with Gasteiger partial charge in [0, 0.05) is 30.3 Å². The van der Waals surface area contributed by atoms with Crippen LogP contribution in [0.5, 0.6) is 0 Å². The number of nitrogens with one attached hydrogen (secondary N) is 1.